The molecule has 0 radical (unpaired) electrons. The Morgan fingerprint density at radius 3 is 2.64 bits per heavy atom. The molecule has 1 aromatic rings. The first-order chi connectivity index (χ1) is 6.81. The Bertz CT molecular complexity index is 295. The van der Waals surface area contributed by atoms with Gasteiger partial charge in [-0.25, -0.2) is 0 Å². The lowest BCUT2D eigenvalue weighted by atomic mass is 9.80. The fourth-order valence-electron chi connectivity index (χ4n) is 1.59. The molecule has 1 saturated carbocycles. The maximum atomic E-state index is 9.86. The summed E-state index contributed by atoms with van der Waals surface area (Å²) in [6.07, 6.45) is 2.94. The molecule has 1 heterocycles. The summed E-state index contributed by atoms with van der Waals surface area (Å²) in [6.45, 7) is 0. The van der Waals surface area contributed by atoms with Crippen molar-refractivity contribution < 1.29 is 9.84 Å². The molecule has 0 bridgehead atoms. The minimum atomic E-state index is -0.456. The molecule has 1 fully saturated rings. The van der Waals surface area contributed by atoms with E-state index in [4.69, 9.17) is 4.74 Å². The van der Waals surface area contributed by atoms with E-state index in [9.17, 15) is 5.11 Å². The van der Waals surface area contributed by atoms with Crippen molar-refractivity contribution in [2.45, 2.75) is 25.4 Å². The SMILES string of the molecule is COc1ccc(C(O)C2CCC2)nn1. The number of rotatable bonds is 3. The number of nitrogens with zero attached hydrogens (tertiary/aromatic N) is 2. The van der Waals surface area contributed by atoms with Gasteiger partial charge in [0, 0.05) is 6.07 Å². The maximum Gasteiger partial charge on any atom is 0.233 e. The van der Waals surface area contributed by atoms with Gasteiger partial charge in [-0.3, -0.25) is 0 Å². The van der Waals surface area contributed by atoms with E-state index in [1.165, 1.54) is 6.42 Å². The van der Waals surface area contributed by atoms with Crippen molar-refractivity contribution in [1.82, 2.24) is 10.2 Å². The van der Waals surface area contributed by atoms with Gasteiger partial charge >= 0.3 is 0 Å². The largest absolute Gasteiger partial charge is 0.480 e. The second-order valence-corrected chi connectivity index (χ2v) is 3.64. The molecule has 1 N–H and O–H groups in total. The number of hydrogen-bond donors (Lipinski definition) is 1. The molecule has 4 heteroatoms. The average Bonchev–Trinajstić information content (AvgIpc) is 2.15. The van der Waals surface area contributed by atoms with Crippen LogP contribution in [0.25, 0.3) is 0 Å². The van der Waals surface area contributed by atoms with Gasteiger partial charge in [-0.15, -0.1) is 10.2 Å². The minimum Gasteiger partial charge on any atom is -0.480 e. The monoisotopic (exact) mass is 194 g/mol. The summed E-state index contributed by atoms with van der Waals surface area (Å²) in [5, 5.41) is 17.6. The van der Waals surface area contributed by atoms with Crippen LogP contribution in [0, 0.1) is 5.92 Å². The number of methoxy groups -OCH3 is 1. The first-order valence-electron chi connectivity index (χ1n) is 4.87. The quantitative estimate of drug-likeness (QED) is 0.788. The third-order valence-electron chi connectivity index (χ3n) is 2.77. The molecule has 0 aliphatic heterocycles. The fourth-order valence-corrected chi connectivity index (χ4v) is 1.59. The molecule has 4 nitrogen and oxygen atoms in total. The highest BCUT2D eigenvalue weighted by Crippen LogP contribution is 2.36. The van der Waals surface area contributed by atoms with Crippen molar-refractivity contribution >= 4 is 0 Å². The number of ether oxygens (including phenoxy) is 1. The van der Waals surface area contributed by atoms with Crippen LogP contribution in [0.1, 0.15) is 31.1 Å². The summed E-state index contributed by atoms with van der Waals surface area (Å²) in [5.41, 5.74) is 0.649. The fraction of sp³-hybridized carbons (Fsp3) is 0.600. The van der Waals surface area contributed by atoms with Gasteiger partial charge in [0.25, 0.3) is 0 Å². The zero-order valence-electron chi connectivity index (χ0n) is 8.18. The first kappa shape index (κ1) is 9.40. The molecular weight excluding hydrogens is 180 g/mol. The molecule has 1 aliphatic carbocycles. The molecule has 2 rings (SSSR count). The lowest BCUT2D eigenvalue weighted by Crippen LogP contribution is -2.21. The zero-order valence-corrected chi connectivity index (χ0v) is 8.18. The number of aliphatic hydroxyl groups is 1. The first-order valence-corrected chi connectivity index (χ1v) is 4.87. The van der Waals surface area contributed by atoms with Gasteiger partial charge in [0.05, 0.1) is 12.8 Å². The van der Waals surface area contributed by atoms with Crippen LogP contribution < -0.4 is 4.74 Å². The van der Waals surface area contributed by atoms with E-state index in [1.54, 1.807) is 19.2 Å². The van der Waals surface area contributed by atoms with Crippen LogP contribution in [0.2, 0.25) is 0 Å². The number of aromatic nitrogens is 2. The van der Waals surface area contributed by atoms with Crippen LogP contribution in [-0.4, -0.2) is 22.4 Å². The summed E-state index contributed by atoms with van der Waals surface area (Å²) in [5.74, 6) is 0.854. The van der Waals surface area contributed by atoms with E-state index in [0.717, 1.165) is 12.8 Å². The van der Waals surface area contributed by atoms with E-state index in [1.807, 2.05) is 0 Å². The van der Waals surface area contributed by atoms with E-state index in [2.05, 4.69) is 10.2 Å². The Hall–Kier alpha value is -1.16. The van der Waals surface area contributed by atoms with E-state index < -0.39 is 6.10 Å². The van der Waals surface area contributed by atoms with E-state index in [-0.39, 0.29) is 0 Å². The molecule has 76 valence electrons. The Labute approximate surface area is 82.9 Å². The third-order valence-corrected chi connectivity index (χ3v) is 2.77. The van der Waals surface area contributed by atoms with Gasteiger partial charge in [-0.05, 0) is 24.8 Å². The molecule has 1 aromatic heterocycles. The van der Waals surface area contributed by atoms with Crippen molar-refractivity contribution in [3.8, 4) is 5.88 Å². The molecule has 1 atom stereocenters. The Morgan fingerprint density at radius 2 is 2.21 bits per heavy atom. The highest BCUT2D eigenvalue weighted by Gasteiger charge is 2.27. The van der Waals surface area contributed by atoms with Crippen LogP contribution in [0.4, 0.5) is 0 Å². The molecule has 1 aliphatic rings. The molecule has 0 aromatic carbocycles. The maximum absolute atomic E-state index is 9.86. The van der Waals surface area contributed by atoms with Gasteiger partial charge in [-0.2, -0.15) is 0 Å². The Balaban J connectivity index is 2.07. The molecule has 14 heavy (non-hydrogen) atoms. The van der Waals surface area contributed by atoms with Crippen molar-refractivity contribution in [2.24, 2.45) is 5.92 Å². The van der Waals surface area contributed by atoms with Crippen molar-refractivity contribution in [3.05, 3.63) is 17.8 Å². The lowest BCUT2D eigenvalue weighted by Gasteiger charge is -2.29. The summed E-state index contributed by atoms with van der Waals surface area (Å²) in [4.78, 5) is 0. The van der Waals surface area contributed by atoms with Crippen LogP contribution >= 0.6 is 0 Å². The Morgan fingerprint density at radius 1 is 1.43 bits per heavy atom. The van der Waals surface area contributed by atoms with Gasteiger partial charge in [0.15, 0.2) is 0 Å². The smallest absolute Gasteiger partial charge is 0.233 e. The van der Waals surface area contributed by atoms with Crippen LogP contribution in [0.5, 0.6) is 5.88 Å². The zero-order chi connectivity index (χ0) is 9.97. The van der Waals surface area contributed by atoms with Gasteiger partial charge in [0.1, 0.15) is 6.10 Å². The third kappa shape index (κ3) is 1.70. The molecule has 0 spiro atoms. The second-order valence-electron chi connectivity index (χ2n) is 3.64. The average molecular weight is 194 g/mol. The second kappa shape index (κ2) is 3.92. The highest BCUT2D eigenvalue weighted by atomic mass is 16.5. The highest BCUT2D eigenvalue weighted by molar-refractivity contribution is 5.13. The summed E-state index contributed by atoms with van der Waals surface area (Å²) in [6, 6.07) is 3.50. The van der Waals surface area contributed by atoms with Crippen LogP contribution in [-0.2, 0) is 0 Å². The van der Waals surface area contributed by atoms with Gasteiger partial charge < -0.3 is 9.84 Å². The predicted octanol–water partition coefficient (Wildman–Crippen LogP) is 1.32. The summed E-state index contributed by atoms with van der Waals surface area (Å²) in [7, 11) is 1.55. The van der Waals surface area contributed by atoms with Crippen LogP contribution in [0.3, 0.4) is 0 Å². The van der Waals surface area contributed by atoms with Gasteiger partial charge in [0.2, 0.25) is 5.88 Å². The standard InChI is InChI=1S/C10H14N2O2/c1-14-9-6-5-8(11-12-9)10(13)7-3-2-4-7/h5-7,10,13H,2-4H2,1H3. The summed E-state index contributed by atoms with van der Waals surface area (Å²) >= 11 is 0. The van der Waals surface area contributed by atoms with Crippen molar-refractivity contribution in [1.29, 1.82) is 0 Å². The van der Waals surface area contributed by atoms with Crippen LogP contribution in [0.15, 0.2) is 12.1 Å². The minimum absolute atomic E-state index is 0.373. The lowest BCUT2D eigenvalue weighted by molar-refractivity contribution is 0.0578. The number of hydrogen-bond acceptors (Lipinski definition) is 4. The van der Waals surface area contributed by atoms with Crippen molar-refractivity contribution in [2.75, 3.05) is 7.11 Å². The van der Waals surface area contributed by atoms with E-state index >= 15 is 0 Å². The molecule has 0 saturated heterocycles. The molecule has 0 amide bonds. The molecule has 1 unspecified atom stereocenters. The topological polar surface area (TPSA) is 55.2 Å². The van der Waals surface area contributed by atoms with Crippen molar-refractivity contribution in [3.63, 3.8) is 0 Å². The summed E-state index contributed by atoms with van der Waals surface area (Å²) < 4.78 is 4.89. The Kier molecular flexibility index (Phi) is 2.63. The molecular formula is C10H14N2O2. The normalized spacial score (nSPS) is 18.7. The van der Waals surface area contributed by atoms with Gasteiger partial charge in [-0.1, -0.05) is 6.42 Å². The predicted molar refractivity (Wildman–Crippen MR) is 50.9 cm³/mol. The number of aliphatic hydroxyl groups excluding tert-OH is 1. The van der Waals surface area contributed by atoms with E-state index in [0.29, 0.717) is 17.5 Å².